The molecule has 0 radical (unpaired) electrons. The van der Waals surface area contributed by atoms with Crippen LogP contribution in [0.2, 0.25) is 0 Å². The Labute approximate surface area is 141 Å². The van der Waals surface area contributed by atoms with E-state index in [2.05, 4.69) is 10.3 Å². The summed E-state index contributed by atoms with van der Waals surface area (Å²) in [5.41, 5.74) is 0.343. The Morgan fingerprint density at radius 3 is 2.52 bits per heavy atom. The number of halogens is 3. The van der Waals surface area contributed by atoms with Gasteiger partial charge in [-0.25, -0.2) is 4.98 Å². The van der Waals surface area contributed by atoms with Crippen molar-refractivity contribution in [2.24, 2.45) is 0 Å². The summed E-state index contributed by atoms with van der Waals surface area (Å²) in [7, 11) is 0. The van der Waals surface area contributed by atoms with Crippen molar-refractivity contribution >= 4 is 11.6 Å². The number of rotatable bonds is 3. The fraction of sp³-hybridized carbons (Fsp3) is 0.111. The Kier molecular flexibility index (Phi) is 4.31. The van der Waals surface area contributed by atoms with Gasteiger partial charge in [0.25, 0.3) is 5.91 Å². The molecule has 0 bridgehead atoms. The molecule has 3 aromatic rings. The van der Waals surface area contributed by atoms with Crippen molar-refractivity contribution in [2.45, 2.75) is 13.1 Å². The largest absolute Gasteiger partial charge is 0.416 e. The molecule has 1 N–H and O–H groups in total. The highest BCUT2D eigenvalue weighted by atomic mass is 19.4. The smallest absolute Gasteiger partial charge is 0.321 e. The van der Waals surface area contributed by atoms with Gasteiger partial charge >= 0.3 is 6.18 Å². The van der Waals surface area contributed by atoms with Crippen LogP contribution in [0.5, 0.6) is 0 Å². The Morgan fingerprint density at radius 2 is 1.84 bits per heavy atom. The third-order valence-electron chi connectivity index (χ3n) is 3.71. The van der Waals surface area contributed by atoms with Crippen LogP contribution in [-0.2, 0) is 6.18 Å². The minimum absolute atomic E-state index is 0.0729. The second-order valence-corrected chi connectivity index (χ2v) is 5.47. The molecule has 0 saturated heterocycles. The van der Waals surface area contributed by atoms with Gasteiger partial charge in [0.05, 0.1) is 18.1 Å². The fourth-order valence-corrected chi connectivity index (χ4v) is 2.46. The van der Waals surface area contributed by atoms with E-state index in [1.807, 2.05) is 18.2 Å². The normalized spacial score (nSPS) is 11.4. The average Bonchev–Trinajstić information content (AvgIpc) is 3.06. The van der Waals surface area contributed by atoms with Gasteiger partial charge in [0.15, 0.2) is 0 Å². The number of anilines is 1. The number of aryl methyl sites for hydroxylation is 1. The zero-order chi connectivity index (χ0) is 18.0. The Hall–Kier alpha value is -3.09. The van der Waals surface area contributed by atoms with Gasteiger partial charge in [0.1, 0.15) is 5.69 Å². The van der Waals surface area contributed by atoms with E-state index in [0.717, 1.165) is 11.8 Å². The molecule has 4 nitrogen and oxygen atoms in total. The molecule has 0 saturated carbocycles. The third-order valence-corrected chi connectivity index (χ3v) is 3.71. The van der Waals surface area contributed by atoms with Crippen molar-refractivity contribution in [1.29, 1.82) is 0 Å². The molecule has 0 unspecified atom stereocenters. The van der Waals surface area contributed by atoms with Crippen LogP contribution in [0.25, 0.3) is 5.69 Å². The number of hydrogen-bond acceptors (Lipinski definition) is 2. The Morgan fingerprint density at radius 1 is 1.12 bits per heavy atom. The summed E-state index contributed by atoms with van der Waals surface area (Å²) in [5.74, 6) is -0.543. The van der Waals surface area contributed by atoms with E-state index in [-0.39, 0.29) is 16.9 Å². The van der Waals surface area contributed by atoms with Crippen LogP contribution in [0.1, 0.15) is 21.6 Å². The maximum absolute atomic E-state index is 13.0. The van der Waals surface area contributed by atoms with Gasteiger partial charge in [0, 0.05) is 11.4 Å². The first kappa shape index (κ1) is 16.8. The highest BCUT2D eigenvalue weighted by molar-refractivity contribution is 6.03. The lowest BCUT2D eigenvalue weighted by atomic mass is 10.1. The summed E-state index contributed by atoms with van der Waals surface area (Å²) in [6.07, 6.45) is -1.64. The molecule has 1 aromatic heterocycles. The summed E-state index contributed by atoms with van der Waals surface area (Å²) in [5, 5.41) is 2.49. The summed E-state index contributed by atoms with van der Waals surface area (Å²) in [6.45, 7) is 1.37. The molecule has 128 valence electrons. The zero-order valence-corrected chi connectivity index (χ0v) is 13.2. The highest BCUT2D eigenvalue weighted by Gasteiger charge is 2.32. The lowest BCUT2D eigenvalue weighted by Crippen LogP contribution is -2.17. The number of carbonyl (C=O) groups excluding carboxylic acids is 1. The van der Waals surface area contributed by atoms with Gasteiger partial charge in [-0.2, -0.15) is 13.2 Å². The van der Waals surface area contributed by atoms with E-state index in [1.165, 1.54) is 31.6 Å². The Bertz CT molecular complexity index is 901. The summed E-state index contributed by atoms with van der Waals surface area (Å²) >= 11 is 0. The number of nitrogens with one attached hydrogen (secondary N) is 1. The summed E-state index contributed by atoms with van der Waals surface area (Å²) in [6, 6.07) is 12.7. The molecule has 0 fully saturated rings. The van der Waals surface area contributed by atoms with Gasteiger partial charge in [-0.05, 0) is 36.8 Å². The number of hydrogen-bond donors (Lipinski definition) is 1. The fourth-order valence-electron chi connectivity index (χ4n) is 2.46. The number of nitrogens with zero attached hydrogens (tertiary/aromatic N) is 2. The van der Waals surface area contributed by atoms with Gasteiger partial charge in [-0.1, -0.05) is 24.3 Å². The van der Waals surface area contributed by atoms with Crippen LogP contribution in [0.15, 0.2) is 61.1 Å². The SMILES string of the molecule is Cc1ccc(NC(=O)c2cncn2-c2ccccc2)cc1C(F)(F)F. The third kappa shape index (κ3) is 3.55. The number of para-hydroxylation sites is 1. The second kappa shape index (κ2) is 6.43. The predicted octanol–water partition coefficient (Wildman–Crippen LogP) is 4.45. The minimum atomic E-state index is -4.48. The first-order valence-corrected chi connectivity index (χ1v) is 7.43. The van der Waals surface area contributed by atoms with Gasteiger partial charge < -0.3 is 5.32 Å². The average molecular weight is 345 g/mol. The van der Waals surface area contributed by atoms with Crippen LogP contribution in [0.4, 0.5) is 18.9 Å². The highest BCUT2D eigenvalue weighted by Crippen LogP contribution is 2.33. The molecule has 2 aromatic carbocycles. The van der Waals surface area contributed by atoms with Crippen LogP contribution >= 0.6 is 0 Å². The summed E-state index contributed by atoms with van der Waals surface area (Å²) < 4.78 is 40.6. The van der Waals surface area contributed by atoms with Gasteiger partial charge in [0.2, 0.25) is 0 Å². The predicted molar refractivity (Wildman–Crippen MR) is 87.7 cm³/mol. The topological polar surface area (TPSA) is 46.9 Å². The van der Waals surface area contributed by atoms with Crippen LogP contribution < -0.4 is 5.32 Å². The van der Waals surface area contributed by atoms with E-state index in [0.29, 0.717) is 0 Å². The second-order valence-electron chi connectivity index (χ2n) is 5.47. The molecule has 0 spiro atoms. The van der Waals surface area contributed by atoms with E-state index < -0.39 is 17.6 Å². The number of carbonyl (C=O) groups is 1. The van der Waals surface area contributed by atoms with Crippen molar-refractivity contribution in [3.05, 3.63) is 77.9 Å². The molecule has 1 amide bonds. The van der Waals surface area contributed by atoms with Crippen LogP contribution in [0.3, 0.4) is 0 Å². The number of amides is 1. The molecule has 0 aliphatic heterocycles. The molecule has 1 heterocycles. The molecule has 7 heteroatoms. The van der Waals surface area contributed by atoms with Crippen LogP contribution in [-0.4, -0.2) is 15.5 Å². The van der Waals surface area contributed by atoms with Crippen molar-refractivity contribution in [1.82, 2.24) is 9.55 Å². The van der Waals surface area contributed by atoms with E-state index >= 15 is 0 Å². The molecule has 0 aliphatic carbocycles. The first-order chi connectivity index (χ1) is 11.9. The Balaban J connectivity index is 1.89. The molecular formula is C18H14F3N3O. The standard InChI is InChI=1S/C18H14F3N3O/c1-12-7-8-13(9-15(12)18(19,20)21)23-17(25)16-10-22-11-24(16)14-5-3-2-4-6-14/h2-11H,1H3,(H,23,25). The zero-order valence-electron chi connectivity index (χ0n) is 13.2. The molecule has 0 aliphatic rings. The lowest BCUT2D eigenvalue weighted by Gasteiger charge is -2.13. The minimum Gasteiger partial charge on any atom is -0.321 e. The number of imidazole rings is 1. The van der Waals surface area contributed by atoms with Crippen molar-refractivity contribution in [3.8, 4) is 5.69 Å². The maximum Gasteiger partial charge on any atom is 0.416 e. The quantitative estimate of drug-likeness (QED) is 0.762. The summed E-state index contributed by atoms with van der Waals surface area (Å²) in [4.78, 5) is 16.4. The number of alkyl halides is 3. The molecule has 0 atom stereocenters. The van der Waals surface area contributed by atoms with Crippen LogP contribution in [0, 0.1) is 6.92 Å². The first-order valence-electron chi connectivity index (χ1n) is 7.43. The van der Waals surface area contributed by atoms with E-state index in [4.69, 9.17) is 0 Å². The van der Waals surface area contributed by atoms with Crippen molar-refractivity contribution in [2.75, 3.05) is 5.32 Å². The van der Waals surface area contributed by atoms with E-state index in [9.17, 15) is 18.0 Å². The monoisotopic (exact) mass is 345 g/mol. The van der Waals surface area contributed by atoms with Gasteiger partial charge in [-0.3, -0.25) is 9.36 Å². The van der Waals surface area contributed by atoms with Gasteiger partial charge in [-0.15, -0.1) is 0 Å². The molecular weight excluding hydrogens is 331 g/mol. The maximum atomic E-state index is 13.0. The van der Waals surface area contributed by atoms with Crippen molar-refractivity contribution in [3.63, 3.8) is 0 Å². The lowest BCUT2D eigenvalue weighted by molar-refractivity contribution is -0.138. The molecule has 3 rings (SSSR count). The van der Waals surface area contributed by atoms with E-state index in [1.54, 1.807) is 16.7 Å². The number of benzene rings is 2. The van der Waals surface area contributed by atoms with Crippen molar-refractivity contribution < 1.29 is 18.0 Å². The number of aromatic nitrogens is 2. The molecule has 25 heavy (non-hydrogen) atoms.